The Morgan fingerprint density at radius 2 is 1.83 bits per heavy atom. The highest BCUT2D eigenvalue weighted by Gasteiger charge is 2.07. The third kappa shape index (κ3) is 4.09. The van der Waals surface area contributed by atoms with Gasteiger partial charge in [0.1, 0.15) is 5.01 Å². The van der Waals surface area contributed by atoms with Crippen LogP contribution >= 0.6 is 11.3 Å². The Kier molecular flexibility index (Phi) is 5.39. The summed E-state index contributed by atoms with van der Waals surface area (Å²) >= 11 is 1.64. The van der Waals surface area contributed by atoms with E-state index in [0.29, 0.717) is 12.1 Å². The number of benzene rings is 2. The zero-order chi connectivity index (χ0) is 16.8. The number of amides is 1. The molecule has 0 radical (unpaired) electrons. The van der Waals surface area contributed by atoms with Crippen molar-refractivity contribution in [2.45, 2.75) is 19.8 Å². The number of aromatic nitrogens is 1. The van der Waals surface area contributed by atoms with Crippen LogP contribution in [0.5, 0.6) is 0 Å². The summed E-state index contributed by atoms with van der Waals surface area (Å²) in [5, 5.41) is 6.04. The zero-order valence-electron chi connectivity index (χ0n) is 13.7. The normalized spacial score (nSPS) is 10.5. The summed E-state index contributed by atoms with van der Waals surface area (Å²) in [6.07, 6.45) is 1.72. The molecule has 0 aliphatic carbocycles. The van der Waals surface area contributed by atoms with Crippen LogP contribution in [0.25, 0.3) is 10.6 Å². The molecule has 0 spiro atoms. The maximum absolute atomic E-state index is 12.1. The van der Waals surface area contributed by atoms with Crippen molar-refractivity contribution in [3.8, 4) is 10.6 Å². The second kappa shape index (κ2) is 7.88. The van der Waals surface area contributed by atoms with E-state index >= 15 is 0 Å². The molecule has 3 rings (SSSR count). The molecule has 3 nitrogen and oxygen atoms in total. The van der Waals surface area contributed by atoms with Gasteiger partial charge in [-0.2, -0.15) is 0 Å². The van der Waals surface area contributed by atoms with Gasteiger partial charge in [0.05, 0.1) is 5.69 Å². The lowest BCUT2D eigenvalue weighted by Gasteiger charge is -2.05. The summed E-state index contributed by atoms with van der Waals surface area (Å²) in [6.45, 7) is 2.69. The van der Waals surface area contributed by atoms with Crippen LogP contribution in [0, 0.1) is 0 Å². The predicted molar refractivity (Wildman–Crippen MR) is 99.4 cm³/mol. The van der Waals surface area contributed by atoms with Gasteiger partial charge in [-0.15, -0.1) is 11.3 Å². The lowest BCUT2D eigenvalue weighted by molar-refractivity contribution is 0.0954. The van der Waals surface area contributed by atoms with Crippen molar-refractivity contribution in [3.63, 3.8) is 0 Å². The molecule has 24 heavy (non-hydrogen) atoms. The van der Waals surface area contributed by atoms with Gasteiger partial charge in [0.15, 0.2) is 0 Å². The fourth-order valence-corrected chi connectivity index (χ4v) is 3.29. The van der Waals surface area contributed by atoms with Crippen LogP contribution in [0.3, 0.4) is 0 Å². The van der Waals surface area contributed by atoms with Gasteiger partial charge in [0.2, 0.25) is 0 Å². The minimum absolute atomic E-state index is 0.0313. The maximum atomic E-state index is 12.1. The second-order valence-electron chi connectivity index (χ2n) is 5.57. The Bertz CT molecular complexity index is 794. The molecule has 1 heterocycles. The van der Waals surface area contributed by atoms with E-state index in [-0.39, 0.29) is 5.91 Å². The van der Waals surface area contributed by atoms with E-state index in [0.717, 1.165) is 29.1 Å². The Labute approximate surface area is 146 Å². The van der Waals surface area contributed by atoms with Gasteiger partial charge in [0, 0.05) is 29.5 Å². The monoisotopic (exact) mass is 336 g/mol. The number of aryl methyl sites for hydroxylation is 1. The highest BCUT2D eigenvalue weighted by molar-refractivity contribution is 7.13. The Hall–Kier alpha value is -2.46. The average molecular weight is 336 g/mol. The summed E-state index contributed by atoms with van der Waals surface area (Å²) < 4.78 is 0. The molecule has 0 aliphatic heterocycles. The molecular formula is C20H20N2OS. The van der Waals surface area contributed by atoms with Gasteiger partial charge in [-0.05, 0) is 24.1 Å². The molecule has 1 N–H and O–H groups in total. The van der Waals surface area contributed by atoms with E-state index in [1.807, 2.05) is 42.5 Å². The molecule has 3 aromatic rings. The van der Waals surface area contributed by atoms with E-state index in [1.54, 1.807) is 11.3 Å². The number of nitrogens with one attached hydrogen (secondary N) is 1. The first-order chi connectivity index (χ1) is 11.8. The van der Waals surface area contributed by atoms with Gasteiger partial charge in [0.25, 0.3) is 5.91 Å². The largest absolute Gasteiger partial charge is 0.352 e. The first-order valence-corrected chi connectivity index (χ1v) is 9.01. The minimum Gasteiger partial charge on any atom is -0.352 e. The molecule has 0 saturated heterocycles. The summed E-state index contributed by atoms with van der Waals surface area (Å²) in [7, 11) is 0. The first-order valence-electron chi connectivity index (χ1n) is 8.13. The fourth-order valence-electron chi connectivity index (χ4n) is 2.43. The van der Waals surface area contributed by atoms with Crippen molar-refractivity contribution in [2.75, 3.05) is 6.54 Å². The third-order valence-electron chi connectivity index (χ3n) is 3.86. The summed E-state index contributed by atoms with van der Waals surface area (Å²) in [5.74, 6) is -0.0313. The van der Waals surface area contributed by atoms with Crippen LogP contribution in [0.2, 0.25) is 0 Å². The van der Waals surface area contributed by atoms with Gasteiger partial charge in [-0.1, -0.05) is 49.4 Å². The van der Waals surface area contributed by atoms with Crippen molar-refractivity contribution in [2.24, 2.45) is 0 Å². The Morgan fingerprint density at radius 3 is 2.54 bits per heavy atom. The smallest absolute Gasteiger partial charge is 0.251 e. The number of hydrogen-bond acceptors (Lipinski definition) is 3. The Morgan fingerprint density at radius 1 is 1.08 bits per heavy atom. The molecule has 2 aromatic carbocycles. The molecule has 4 heteroatoms. The van der Waals surface area contributed by atoms with Crippen molar-refractivity contribution < 1.29 is 4.79 Å². The van der Waals surface area contributed by atoms with Crippen LogP contribution in [0.4, 0.5) is 0 Å². The molecular weight excluding hydrogens is 316 g/mol. The second-order valence-corrected chi connectivity index (χ2v) is 6.42. The molecule has 0 aliphatic rings. The summed E-state index contributed by atoms with van der Waals surface area (Å²) in [5.41, 5.74) is 4.09. The van der Waals surface area contributed by atoms with Gasteiger partial charge in [-0.3, -0.25) is 4.79 Å². The lowest BCUT2D eigenvalue weighted by Crippen LogP contribution is -2.25. The number of nitrogens with zero attached hydrogens (tertiary/aromatic N) is 1. The number of rotatable bonds is 6. The quantitative estimate of drug-likeness (QED) is 0.727. The van der Waals surface area contributed by atoms with Crippen molar-refractivity contribution in [1.82, 2.24) is 10.3 Å². The SMILES string of the molecule is CCc1ccc(C(=O)NCCc2csc(-c3ccccc3)n2)cc1. The third-order valence-corrected chi connectivity index (χ3v) is 4.80. The minimum atomic E-state index is -0.0313. The first kappa shape index (κ1) is 16.4. The fraction of sp³-hybridized carbons (Fsp3) is 0.200. The van der Waals surface area contributed by atoms with E-state index in [9.17, 15) is 4.79 Å². The van der Waals surface area contributed by atoms with E-state index in [1.165, 1.54) is 5.56 Å². The van der Waals surface area contributed by atoms with Crippen molar-refractivity contribution in [1.29, 1.82) is 0 Å². The number of carbonyl (C=O) groups excluding carboxylic acids is 1. The topological polar surface area (TPSA) is 42.0 Å². The highest BCUT2D eigenvalue weighted by Crippen LogP contribution is 2.23. The van der Waals surface area contributed by atoms with Crippen LogP contribution in [-0.2, 0) is 12.8 Å². The molecule has 0 atom stereocenters. The van der Waals surface area contributed by atoms with Crippen molar-refractivity contribution >= 4 is 17.2 Å². The molecule has 0 unspecified atom stereocenters. The Balaban J connectivity index is 1.53. The standard InChI is InChI=1S/C20H20N2OS/c1-2-15-8-10-16(11-9-15)19(23)21-13-12-18-14-24-20(22-18)17-6-4-3-5-7-17/h3-11,14H,2,12-13H2,1H3,(H,21,23). The molecule has 0 bridgehead atoms. The van der Waals surface area contributed by atoms with Crippen LogP contribution in [0.1, 0.15) is 28.5 Å². The molecule has 122 valence electrons. The average Bonchev–Trinajstić information content (AvgIpc) is 3.11. The summed E-state index contributed by atoms with van der Waals surface area (Å²) in [6, 6.07) is 17.9. The van der Waals surface area contributed by atoms with Gasteiger partial charge in [-0.25, -0.2) is 4.98 Å². The van der Waals surface area contributed by atoms with E-state index < -0.39 is 0 Å². The maximum Gasteiger partial charge on any atom is 0.251 e. The lowest BCUT2D eigenvalue weighted by atomic mass is 10.1. The van der Waals surface area contributed by atoms with Gasteiger partial charge < -0.3 is 5.32 Å². The van der Waals surface area contributed by atoms with Crippen LogP contribution in [-0.4, -0.2) is 17.4 Å². The molecule has 0 saturated carbocycles. The molecule has 1 aromatic heterocycles. The molecule has 1 amide bonds. The predicted octanol–water partition coefficient (Wildman–Crippen LogP) is 4.35. The number of hydrogen-bond donors (Lipinski definition) is 1. The van der Waals surface area contributed by atoms with Crippen molar-refractivity contribution in [3.05, 3.63) is 76.8 Å². The number of thiazole rings is 1. The zero-order valence-corrected chi connectivity index (χ0v) is 14.5. The molecule has 0 fully saturated rings. The van der Waals surface area contributed by atoms with E-state index in [4.69, 9.17) is 0 Å². The van der Waals surface area contributed by atoms with Crippen LogP contribution in [0.15, 0.2) is 60.0 Å². The summed E-state index contributed by atoms with van der Waals surface area (Å²) in [4.78, 5) is 16.8. The van der Waals surface area contributed by atoms with Gasteiger partial charge >= 0.3 is 0 Å². The van der Waals surface area contributed by atoms with E-state index in [2.05, 4.69) is 34.7 Å². The highest BCUT2D eigenvalue weighted by atomic mass is 32.1. The number of carbonyl (C=O) groups is 1. The van der Waals surface area contributed by atoms with Crippen LogP contribution < -0.4 is 5.32 Å².